The molecule has 0 saturated heterocycles. The Bertz CT molecular complexity index is 93.1. The molecular weight excluding hydrogens is 118 g/mol. The van der Waals surface area contributed by atoms with Crippen molar-refractivity contribution in [3.63, 3.8) is 0 Å². The minimum absolute atomic E-state index is 0.523. The van der Waals surface area contributed by atoms with Crippen LogP contribution in [0.25, 0.3) is 0 Å². The fourth-order valence-corrected chi connectivity index (χ4v) is 0.444. The predicted octanol–water partition coefficient (Wildman–Crippen LogP) is 0.332. The molecule has 0 rings (SSSR count). The normalized spacial score (nSPS) is 13.1. The third-order valence-corrected chi connectivity index (χ3v) is 1.05. The Morgan fingerprint density at radius 1 is 1.67 bits per heavy atom. The lowest BCUT2D eigenvalue weighted by molar-refractivity contribution is -0.145. The van der Waals surface area contributed by atoms with Gasteiger partial charge in [0.15, 0.2) is 0 Å². The Morgan fingerprint density at radius 3 is 2.56 bits per heavy atom. The summed E-state index contributed by atoms with van der Waals surface area (Å²) in [7, 11) is 0. The highest BCUT2D eigenvalue weighted by Crippen LogP contribution is 1.81. The lowest BCUT2D eigenvalue weighted by Gasteiger charge is -2.03. The van der Waals surface area contributed by atoms with Gasteiger partial charge in [-0.1, -0.05) is 6.92 Å². The van der Waals surface area contributed by atoms with Gasteiger partial charge in [-0.15, -0.1) is 0 Å². The summed E-state index contributed by atoms with van der Waals surface area (Å²) in [5.74, 6) is -1.04. The van der Waals surface area contributed by atoms with Crippen LogP contribution in [0.5, 0.6) is 0 Å². The fourth-order valence-electron chi connectivity index (χ4n) is 0.444. The van der Waals surface area contributed by atoms with Crippen molar-refractivity contribution >= 4 is 5.97 Å². The van der Waals surface area contributed by atoms with Crippen LogP contribution in [0.2, 0.25) is 0 Å². The first kappa shape index (κ1) is 8.43. The summed E-state index contributed by atoms with van der Waals surface area (Å²) in [6.07, 6.45) is 0.942. The Kier molecular flexibility index (Phi) is 4.05. The predicted molar refractivity (Wildman–Crippen MR) is 33.4 cm³/mol. The molecule has 0 aliphatic heterocycles. The number of nitrogens with one attached hydrogen (secondary N) is 1. The molecule has 0 aromatic rings. The van der Waals surface area contributed by atoms with Crippen molar-refractivity contribution in [1.82, 2.24) is 5.32 Å². The Hall–Kier alpha value is -0.570. The van der Waals surface area contributed by atoms with Crippen molar-refractivity contribution < 1.29 is 9.90 Å². The third kappa shape index (κ3) is 3.97. The lowest BCUT2D eigenvalue weighted by atomic mass is 10.3. The summed E-state index contributed by atoms with van der Waals surface area (Å²) in [5.41, 5.74) is 0. The van der Waals surface area contributed by atoms with Crippen LogP contribution in [0.4, 0.5) is 0 Å². The van der Waals surface area contributed by atoms with E-state index >= 15 is 0 Å². The molecule has 1 atom stereocenters. The van der Waals surface area contributed by atoms with Gasteiger partial charge in [-0.2, -0.15) is 0 Å². The summed E-state index contributed by atoms with van der Waals surface area (Å²) >= 11 is 0. The highest BCUT2D eigenvalue weighted by atomic mass is 16.4. The van der Waals surface area contributed by atoms with Crippen molar-refractivity contribution in [3.8, 4) is 0 Å². The molecular formula is C6H12NO2. The quantitative estimate of drug-likeness (QED) is 0.596. The topological polar surface area (TPSA) is 49.0 Å². The van der Waals surface area contributed by atoms with Crippen molar-refractivity contribution in [2.75, 3.05) is 6.54 Å². The molecule has 1 N–H and O–H groups in total. The Balaban J connectivity index is 3.27. The first-order valence-electron chi connectivity index (χ1n) is 3.12. The Labute approximate surface area is 55.1 Å². The van der Waals surface area contributed by atoms with E-state index in [4.69, 9.17) is 0 Å². The van der Waals surface area contributed by atoms with E-state index in [1.54, 1.807) is 6.92 Å². The minimum atomic E-state index is -1.04. The van der Waals surface area contributed by atoms with Gasteiger partial charge in [0, 0.05) is 0 Å². The zero-order valence-corrected chi connectivity index (χ0v) is 5.81. The highest BCUT2D eigenvalue weighted by molar-refractivity contribution is 5.72. The molecule has 0 spiro atoms. The standard InChI is InChI=1S/C6H12NO2/c1-3-4-7-5(2)6(8)9/h5,7H,3-4H2,1-2H3. The molecule has 3 nitrogen and oxygen atoms in total. The average Bonchev–Trinajstić information content (AvgIpc) is 1.82. The number of carbonyl (C=O) groups is 1. The molecule has 0 amide bonds. The van der Waals surface area contributed by atoms with E-state index < -0.39 is 12.0 Å². The number of hydrogen-bond acceptors (Lipinski definition) is 2. The van der Waals surface area contributed by atoms with Gasteiger partial charge in [0.25, 0.3) is 0 Å². The second-order valence-electron chi connectivity index (χ2n) is 1.99. The van der Waals surface area contributed by atoms with Crippen LogP contribution in [0.15, 0.2) is 0 Å². The molecule has 0 aromatic heterocycles. The van der Waals surface area contributed by atoms with E-state index in [2.05, 4.69) is 5.32 Å². The molecule has 0 fully saturated rings. The zero-order chi connectivity index (χ0) is 7.28. The van der Waals surface area contributed by atoms with Crippen molar-refractivity contribution in [1.29, 1.82) is 0 Å². The summed E-state index contributed by atoms with van der Waals surface area (Å²) in [4.78, 5) is 10.0. The number of rotatable bonds is 4. The van der Waals surface area contributed by atoms with Crippen molar-refractivity contribution in [3.05, 3.63) is 0 Å². The van der Waals surface area contributed by atoms with Gasteiger partial charge in [0.2, 0.25) is 0 Å². The zero-order valence-electron chi connectivity index (χ0n) is 5.81. The molecule has 1 unspecified atom stereocenters. The summed E-state index contributed by atoms with van der Waals surface area (Å²) in [6.45, 7) is 4.29. The second kappa shape index (κ2) is 4.32. The highest BCUT2D eigenvalue weighted by Gasteiger charge is 2.09. The van der Waals surface area contributed by atoms with Gasteiger partial charge in [-0.3, -0.25) is 0 Å². The maximum Gasteiger partial charge on any atom is 0.372 e. The molecule has 1 radical (unpaired) electrons. The van der Waals surface area contributed by atoms with Crippen LogP contribution in [0.1, 0.15) is 20.3 Å². The van der Waals surface area contributed by atoms with Gasteiger partial charge < -0.3 is 5.32 Å². The van der Waals surface area contributed by atoms with Crippen molar-refractivity contribution in [2.24, 2.45) is 0 Å². The minimum Gasteiger partial charge on any atom is -0.305 e. The van der Waals surface area contributed by atoms with Gasteiger partial charge in [-0.25, -0.2) is 9.90 Å². The van der Waals surface area contributed by atoms with E-state index in [1.807, 2.05) is 6.92 Å². The van der Waals surface area contributed by atoms with Gasteiger partial charge >= 0.3 is 5.97 Å². The molecule has 9 heavy (non-hydrogen) atoms. The summed E-state index contributed by atoms with van der Waals surface area (Å²) < 4.78 is 0. The van der Waals surface area contributed by atoms with Gasteiger partial charge in [-0.05, 0) is 19.9 Å². The van der Waals surface area contributed by atoms with Crippen LogP contribution in [0.3, 0.4) is 0 Å². The van der Waals surface area contributed by atoms with Crippen molar-refractivity contribution in [2.45, 2.75) is 26.3 Å². The van der Waals surface area contributed by atoms with Crippen LogP contribution in [-0.2, 0) is 9.90 Å². The molecule has 0 heterocycles. The summed E-state index contributed by atoms with van der Waals surface area (Å²) in [5, 5.41) is 12.8. The number of carbonyl (C=O) groups excluding carboxylic acids is 1. The first-order valence-corrected chi connectivity index (χ1v) is 3.12. The van der Waals surface area contributed by atoms with E-state index in [0.717, 1.165) is 13.0 Å². The Morgan fingerprint density at radius 2 is 2.22 bits per heavy atom. The fraction of sp³-hybridized carbons (Fsp3) is 0.833. The smallest absolute Gasteiger partial charge is 0.305 e. The molecule has 0 aliphatic rings. The second-order valence-corrected chi connectivity index (χ2v) is 1.99. The largest absolute Gasteiger partial charge is 0.372 e. The number of hydrogen-bond donors (Lipinski definition) is 1. The SMILES string of the molecule is CCCNC(C)C([O])=O. The average molecular weight is 130 g/mol. The maximum atomic E-state index is 10.0. The van der Waals surface area contributed by atoms with E-state index in [-0.39, 0.29) is 0 Å². The molecule has 0 bridgehead atoms. The van der Waals surface area contributed by atoms with Crippen LogP contribution >= 0.6 is 0 Å². The molecule has 53 valence electrons. The molecule has 0 saturated carbocycles. The van der Waals surface area contributed by atoms with Crippen LogP contribution in [-0.4, -0.2) is 18.6 Å². The molecule has 3 heteroatoms. The third-order valence-electron chi connectivity index (χ3n) is 1.05. The van der Waals surface area contributed by atoms with E-state index in [9.17, 15) is 9.90 Å². The molecule has 0 aliphatic carbocycles. The van der Waals surface area contributed by atoms with E-state index in [0.29, 0.717) is 0 Å². The maximum absolute atomic E-state index is 10.0. The van der Waals surface area contributed by atoms with E-state index in [1.165, 1.54) is 0 Å². The lowest BCUT2D eigenvalue weighted by Crippen LogP contribution is -2.33. The summed E-state index contributed by atoms with van der Waals surface area (Å²) in [6, 6.07) is -0.523. The monoisotopic (exact) mass is 130 g/mol. The van der Waals surface area contributed by atoms with Crippen LogP contribution < -0.4 is 5.32 Å². The van der Waals surface area contributed by atoms with Gasteiger partial charge in [0.05, 0.1) is 0 Å². The van der Waals surface area contributed by atoms with Gasteiger partial charge in [0.1, 0.15) is 6.04 Å². The first-order chi connectivity index (χ1) is 4.18. The van der Waals surface area contributed by atoms with Crippen LogP contribution in [0, 0.1) is 0 Å². The molecule has 0 aromatic carbocycles.